The lowest BCUT2D eigenvalue weighted by atomic mass is 9.85. The van der Waals surface area contributed by atoms with E-state index in [4.69, 9.17) is 4.98 Å². The second-order valence-corrected chi connectivity index (χ2v) is 23.6. The number of unbranched alkanes of at least 4 members (excludes halogenated alkanes) is 11. The fraction of sp³-hybridized carbons (Fsp3) is 0.583. The Balaban J connectivity index is 0.737. The molecule has 2 aliphatic rings. The molecule has 0 unspecified atom stereocenters. The summed E-state index contributed by atoms with van der Waals surface area (Å²) >= 11 is 1.58. The number of benzene rings is 2. The molecular weight excluding hydrogens is 1030 g/mol. The van der Waals surface area contributed by atoms with Gasteiger partial charge >= 0.3 is 6.36 Å². The molecule has 3 atom stereocenters. The van der Waals surface area contributed by atoms with Gasteiger partial charge in [-0.25, -0.2) is 9.97 Å². The highest BCUT2D eigenvalue weighted by Crippen LogP contribution is 2.34. The molecule has 0 spiro atoms. The van der Waals surface area contributed by atoms with Crippen molar-refractivity contribution in [2.75, 3.05) is 26.2 Å². The summed E-state index contributed by atoms with van der Waals surface area (Å²) in [6, 6.07) is 13.7. The largest absolute Gasteiger partial charge is 0.522 e. The van der Waals surface area contributed by atoms with Gasteiger partial charge in [0.15, 0.2) is 0 Å². The summed E-state index contributed by atoms with van der Waals surface area (Å²) in [4.78, 5) is 79.9. The summed E-state index contributed by atoms with van der Waals surface area (Å²) in [7, 11) is 1.69. The Morgan fingerprint density at radius 1 is 0.835 bits per heavy atom. The lowest BCUT2D eigenvalue weighted by molar-refractivity contribution is -0.325. The number of aromatic nitrogens is 4. The number of hydrogen-bond donors (Lipinski definition) is 3. The molecule has 5 heterocycles. The van der Waals surface area contributed by atoms with Gasteiger partial charge in [-0.3, -0.25) is 28.7 Å². The molecule has 0 saturated carbocycles. The quantitative estimate of drug-likeness (QED) is 0.0454. The van der Waals surface area contributed by atoms with Crippen molar-refractivity contribution in [3.63, 3.8) is 0 Å². The first-order valence-electron chi connectivity index (χ1n) is 28.4. The highest BCUT2D eigenvalue weighted by atomic mass is 32.1. The maximum absolute atomic E-state index is 14.0. The third kappa shape index (κ3) is 17.1. The van der Waals surface area contributed by atoms with Crippen molar-refractivity contribution < 1.29 is 42.2 Å². The van der Waals surface area contributed by atoms with Crippen LogP contribution in [-0.4, -0.2) is 108 Å². The summed E-state index contributed by atoms with van der Waals surface area (Å²) in [5.41, 5.74) is 7.61. The van der Waals surface area contributed by atoms with Gasteiger partial charge in [0.25, 0.3) is 5.56 Å². The minimum absolute atomic E-state index is 0.0256. The summed E-state index contributed by atoms with van der Waals surface area (Å²) < 4.78 is 46.7. The molecule has 4 amide bonds. The molecule has 2 aliphatic heterocycles. The van der Waals surface area contributed by atoms with Gasteiger partial charge in [0.1, 0.15) is 17.9 Å². The number of aliphatic hydroxyl groups excluding tert-OH is 1. The number of rotatable bonds is 26. The third-order valence-corrected chi connectivity index (χ3v) is 16.5. The number of pyridine rings is 1. The first-order chi connectivity index (χ1) is 37.7. The SMILES string of the molecule is Cc1ncsc1-c1ccc(CNC(=O)[C@@H]2C[C@@H](O)CN2C(=O)[C@H](NC(=O)CCCCCCCCCCCCCCC(=O)N2CCC(c3nc4ccc(-c5cc(C)c(=O)n(C)c5)cc4n3CCOC(F)(F)F)CC2)C(C)(C)C)cc1. The molecule has 0 aliphatic carbocycles. The standard InChI is InChI=1S/C60H81F3N8O7S/c1-40-33-46(37-68(6)57(40)76)45-25-26-48-49(34-45)70(31-32-78-60(61,62)63)55(66-48)44-27-29-69(30-28-44)52(74)20-18-16-14-12-10-8-7-9-11-13-15-17-19-51(73)67-54(59(3,4)5)58(77)71-38-47(72)35-50(71)56(75)64-36-42-21-23-43(24-22-42)53-41(2)65-39-79-53/h21-26,33-34,37,39,44,47,50,54,72H,7-20,27-32,35-36,38H2,1-6H3,(H,64,75)(H,67,73)/t47-,50+,54+/m1/s1. The van der Waals surface area contributed by atoms with E-state index in [-0.39, 0.29) is 61.2 Å². The van der Waals surface area contributed by atoms with Gasteiger partial charge in [-0.2, -0.15) is 0 Å². The van der Waals surface area contributed by atoms with Crippen LogP contribution in [0, 0.1) is 19.3 Å². The lowest BCUT2D eigenvalue weighted by Gasteiger charge is -2.35. The molecule has 79 heavy (non-hydrogen) atoms. The molecule has 2 fully saturated rings. The molecule has 3 aromatic heterocycles. The Bertz CT molecular complexity index is 2880. The zero-order valence-electron chi connectivity index (χ0n) is 47.0. The van der Waals surface area contributed by atoms with Crippen molar-refractivity contribution in [3.05, 3.63) is 93.2 Å². The number of halogens is 3. The molecule has 0 bridgehead atoms. The van der Waals surface area contributed by atoms with Crippen molar-refractivity contribution in [2.24, 2.45) is 12.5 Å². The minimum atomic E-state index is -4.75. The van der Waals surface area contributed by atoms with E-state index in [1.807, 2.05) is 91.2 Å². The predicted octanol–water partition coefficient (Wildman–Crippen LogP) is 10.7. The monoisotopic (exact) mass is 1110 g/mol. The molecule has 15 nitrogen and oxygen atoms in total. The van der Waals surface area contributed by atoms with Crippen molar-refractivity contribution in [1.29, 1.82) is 0 Å². The van der Waals surface area contributed by atoms with Crippen LogP contribution in [0.25, 0.3) is 32.6 Å². The Hall–Kier alpha value is -5.92. The number of alkyl halides is 3. The van der Waals surface area contributed by atoms with E-state index in [0.717, 1.165) is 110 Å². The van der Waals surface area contributed by atoms with Crippen LogP contribution < -0.4 is 16.2 Å². The Kier molecular flexibility index (Phi) is 21.5. The van der Waals surface area contributed by atoms with Gasteiger partial charge in [0, 0.05) is 76.7 Å². The van der Waals surface area contributed by atoms with E-state index < -0.39 is 36.6 Å². The van der Waals surface area contributed by atoms with Gasteiger partial charge < -0.3 is 34.7 Å². The van der Waals surface area contributed by atoms with Crippen molar-refractivity contribution in [3.8, 4) is 21.6 Å². The summed E-state index contributed by atoms with van der Waals surface area (Å²) in [5, 5.41) is 16.5. The normalized spacial score (nSPS) is 16.7. The Morgan fingerprint density at radius 2 is 1.46 bits per heavy atom. The number of amides is 4. The number of piperidine rings is 1. The van der Waals surface area contributed by atoms with Crippen LogP contribution in [0.5, 0.6) is 0 Å². The van der Waals surface area contributed by atoms with Crippen molar-refractivity contribution in [1.82, 2.24) is 39.5 Å². The van der Waals surface area contributed by atoms with Gasteiger partial charge in [0.2, 0.25) is 23.6 Å². The van der Waals surface area contributed by atoms with Gasteiger partial charge in [-0.15, -0.1) is 24.5 Å². The van der Waals surface area contributed by atoms with E-state index in [1.165, 1.54) is 9.47 Å². The number of imidazole rings is 1. The number of likely N-dealkylation sites (tertiary alicyclic amines) is 2. The number of aryl methyl sites for hydroxylation is 3. The smallest absolute Gasteiger partial charge is 0.391 e. The number of aliphatic hydroxyl groups is 1. The maximum atomic E-state index is 14.0. The first kappa shape index (κ1) is 60.7. The zero-order valence-corrected chi connectivity index (χ0v) is 47.8. The number of ether oxygens (including phenoxy) is 1. The van der Waals surface area contributed by atoms with Crippen LogP contribution in [0.2, 0.25) is 0 Å². The molecule has 3 N–H and O–H groups in total. The first-order valence-corrected chi connectivity index (χ1v) is 29.3. The zero-order chi connectivity index (χ0) is 56.9. The van der Waals surface area contributed by atoms with E-state index >= 15 is 0 Å². The van der Waals surface area contributed by atoms with E-state index in [1.54, 1.807) is 31.5 Å². The number of carbonyl (C=O) groups is 4. The Morgan fingerprint density at radius 3 is 2.05 bits per heavy atom. The number of nitrogens with zero attached hydrogens (tertiary/aromatic N) is 6. The topological polar surface area (TPSA) is 181 Å². The van der Waals surface area contributed by atoms with E-state index in [9.17, 15) is 42.3 Å². The molecule has 7 rings (SSSR count). The summed E-state index contributed by atoms with van der Waals surface area (Å²) in [5.74, 6) is -0.101. The maximum Gasteiger partial charge on any atom is 0.522 e. The molecule has 5 aromatic rings. The minimum Gasteiger partial charge on any atom is -0.391 e. The van der Waals surface area contributed by atoms with Gasteiger partial charge in [-0.1, -0.05) is 115 Å². The fourth-order valence-corrected chi connectivity index (χ4v) is 11.9. The number of hydrogen-bond acceptors (Lipinski definition) is 10. The molecule has 19 heteroatoms. The number of nitrogens with one attached hydrogen (secondary N) is 2. The molecule has 2 saturated heterocycles. The number of thiazole rings is 1. The fourth-order valence-electron chi connectivity index (χ4n) is 11.0. The van der Waals surface area contributed by atoms with Crippen LogP contribution in [0.4, 0.5) is 13.2 Å². The van der Waals surface area contributed by atoms with Crippen LogP contribution in [0.3, 0.4) is 0 Å². The second kappa shape index (κ2) is 28.0. The Labute approximate surface area is 466 Å². The predicted molar refractivity (Wildman–Crippen MR) is 302 cm³/mol. The third-order valence-electron chi connectivity index (χ3n) is 15.5. The van der Waals surface area contributed by atoms with Crippen LogP contribution in [0.15, 0.2) is 65.0 Å². The van der Waals surface area contributed by atoms with Gasteiger partial charge in [-0.05, 0) is 85.4 Å². The number of fused-ring (bicyclic) bond motifs is 1. The highest BCUT2D eigenvalue weighted by molar-refractivity contribution is 7.13. The molecule has 0 radical (unpaired) electrons. The van der Waals surface area contributed by atoms with Crippen molar-refractivity contribution in [2.45, 2.75) is 187 Å². The van der Waals surface area contributed by atoms with Crippen molar-refractivity contribution >= 4 is 46.0 Å². The highest BCUT2D eigenvalue weighted by Gasteiger charge is 2.44. The molecule has 430 valence electrons. The average molecular weight is 1120 g/mol. The van der Waals surface area contributed by atoms with Gasteiger partial charge in [0.05, 0.1) is 39.8 Å². The van der Waals surface area contributed by atoms with E-state index in [0.29, 0.717) is 61.2 Å². The molecule has 2 aromatic carbocycles. The number of carbonyl (C=O) groups excluding carboxylic acids is 4. The summed E-state index contributed by atoms with van der Waals surface area (Å²) in [6.45, 7) is 10.2. The van der Waals surface area contributed by atoms with Crippen LogP contribution in [0.1, 0.15) is 158 Å². The summed E-state index contributed by atoms with van der Waals surface area (Å²) in [6.07, 6.45) is 10.8. The number of β-amino-alcohol motifs (C(OH)–C–C–N with tert-alkyl or cyclic N) is 1. The lowest BCUT2D eigenvalue weighted by Crippen LogP contribution is -2.57. The van der Waals surface area contributed by atoms with E-state index in [2.05, 4.69) is 20.4 Å². The van der Waals surface area contributed by atoms with Crippen LogP contribution >= 0.6 is 11.3 Å². The second-order valence-electron chi connectivity index (χ2n) is 22.8. The average Bonchev–Trinajstić information content (AvgIpc) is 4.20. The molecular formula is C60H81F3N8O7S. The van der Waals surface area contributed by atoms with Crippen LogP contribution in [-0.2, 0) is 44.1 Å².